The van der Waals surface area contributed by atoms with Crippen molar-refractivity contribution in [2.75, 3.05) is 7.05 Å². The van der Waals surface area contributed by atoms with Crippen LogP contribution in [0, 0.1) is 5.92 Å². The summed E-state index contributed by atoms with van der Waals surface area (Å²) >= 11 is 1.41. The van der Waals surface area contributed by atoms with E-state index in [4.69, 9.17) is 5.11 Å². The number of nitrogens with zero attached hydrogens (tertiary/aromatic N) is 2. The van der Waals surface area contributed by atoms with Crippen molar-refractivity contribution in [3.63, 3.8) is 0 Å². The van der Waals surface area contributed by atoms with E-state index in [2.05, 4.69) is 4.98 Å². The first-order valence-electron chi connectivity index (χ1n) is 4.98. The summed E-state index contributed by atoms with van der Waals surface area (Å²) in [6, 6.07) is -0.426. The van der Waals surface area contributed by atoms with Crippen LogP contribution in [0.2, 0.25) is 0 Å². The van der Waals surface area contributed by atoms with Crippen molar-refractivity contribution >= 4 is 23.2 Å². The van der Waals surface area contributed by atoms with E-state index in [1.54, 1.807) is 17.9 Å². The van der Waals surface area contributed by atoms with Gasteiger partial charge in [-0.1, -0.05) is 0 Å². The molecule has 1 fully saturated rings. The first kappa shape index (κ1) is 11.1. The summed E-state index contributed by atoms with van der Waals surface area (Å²) in [5.41, 5.74) is 2.33. The maximum atomic E-state index is 11.6. The summed E-state index contributed by atoms with van der Waals surface area (Å²) < 4.78 is 0. The number of aliphatic carboxylic acids is 1. The lowest BCUT2D eigenvalue weighted by Gasteiger charge is -2.35. The van der Waals surface area contributed by atoms with Gasteiger partial charge in [-0.25, -0.2) is 4.98 Å². The maximum Gasteiger partial charge on any atom is 0.309 e. The molecule has 1 aliphatic heterocycles. The molecule has 1 aromatic heterocycles. The smallest absolute Gasteiger partial charge is 0.309 e. The van der Waals surface area contributed by atoms with Gasteiger partial charge in [0.15, 0.2) is 0 Å². The van der Waals surface area contributed by atoms with Crippen molar-refractivity contribution in [3.8, 4) is 0 Å². The van der Waals surface area contributed by atoms with E-state index in [1.165, 1.54) is 16.2 Å². The molecule has 0 radical (unpaired) electrons. The SMILES string of the molecule is CN1C(=O)CCC(C(=O)O)C1c1cscn1. The lowest BCUT2D eigenvalue weighted by molar-refractivity contribution is -0.151. The molecule has 1 saturated heterocycles. The number of likely N-dealkylation sites (tertiary alicyclic amines) is 1. The molecule has 2 heterocycles. The van der Waals surface area contributed by atoms with Crippen molar-refractivity contribution in [2.24, 2.45) is 5.92 Å². The Kier molecular flexibility index (Phi) is 2.91. The average Bonchev–Trinajstić information content (AvgIpc) is 2.74. The van der Waals surface area contributed by atoms with Gasteiger partial charge in [0.1, 0.15) is 0 Å². The Labute approximate surface area is 96.7 Å². The first-order valence-corrected chi connectivity index (χ1v) is 5.92. The van der Waals surface area contributed by atoms with Crippen LogP contribution >= 0.6 is 11.3 Å². The number of rotatable bonds is 2. The van der Waals surface area contributed by atoms with Crippen LogP contribution in [-0.4, -0.2) is 33.9 Å². The minimum absolute atomic E-state index is 0.0181. The normalized spacial score (nSPS) is 25.8. The molecule has 1 aromatic rings. The standard InChI is InChI=1S/C10H12N2O3S/c1-12-8(13)3-2-6(10(14)15)9(12)7-4-16-5-11-7/h4-6,9H,2-3H2,1H3,(H,14,15). The topological polar surface area (TPSA) is 70.5 Å². The summed E-state index contributed by atoms with van der Waals surface area (Å²) in [7, 11) is 1.64. The van der Waals surface area contributed by atoms with E-state index in [1.807, 2.05) is 0 Å². The van der Waals surface area contributed by atoms with Crippen LogP contribution in [0.4, 0.5) is 0 Å². The second kappa shape index (κ2) is 4.21. The fraction of sp³-hybridized carbons (Fsp3) is 0.500. The highest BCUT2D eigenvalue weighted by molar-refractivity contribution is 7.07. The Balaban J connectivity index is 2.34. The highest BCUT2D eigenvalue weighted by atomic mass is 32.1. The first-order chi connectivity index (χ1) is 7.61. The van der Waals surface area contributed by atoms with Gasteiger partial charge in [-0.2, -0.15) is 0 Å². The van der Waals surface area contributed by atoms with Crippen molar-refractivity contribution in [1.82, 2.24) is 9.88 Å². The van der Waals surface area contributed by atoms with Gasteiger partial charge in [-0.15, -0.1) is 11.3 Å². The molecule has 0 spiro atoms. The minimum Gasteiger partial charge on any atom is -0.481 e. The Morgan fingerprint density at radius 2 is 2.44 bits per heavy atom. The fourth-order valence-electron chi connectivity index (χ4n) is 2.07. The van der Waals surface area contributed by atoms with Crippen molar-refractivity contribution in [2.45, 2.75) is 18.9 Å². The van der Waals surface area contributed by atoms with Crippen molar-refractivity contribution < 1.29 is 14.7 Å². The second-order valence-electron chi connectivity index (χ2n) is 3.85. The molecule has 1 aliphatic rings. The summed E-state index contributed by atoms with van der Waals surface area (Å²) in [4.78, 5) is 28.3. The van der Waals surface area contributed by atoms with Gasteiger partial charge in [0.25, 0.3) is 0 Å². The molecule has 2 atom stereocenters. The van der Waals surface area contributed by atoms with E-state index in [0.717, 1.165) is 0 Å². The van der Waals surface area contributed by atoms with Gasteiger partial charge in [-0.3, -0.25) is 9.59 Å². The number of carbonyl (C=O) groups is 2. The quantitative estimate of drug-likeness (QED) is 0.841. The summed E-state index contributed by atoms with van der Waals surface area (Å²) in [6.07, 6.45) is 0.689. The zero-order valence-corrected chi connectivity index (χ0v) is 9.61. The second-order valence-corrected chi connectivity index (χ2v) is 4.56. The number of carboxylic acids is 1. The summed E-state index contributed by atoms with van der Waals surface area (Å²) in [5.74, 6) is -1.43. The Bertz CT molecular complexity index is 404. The Hall–Kier alpha value is -1.43. The number of thiazole rings is 1. The fourth-order valence-corrected chi connectivity index (χ4v) is 2.65. The molecule has 0 aliphatic carbocycles. The van der Waals surface area contributed by atoms with Crippen LogP contribution in [0.5, 0.6) is 0 Å². The Morgan fingerprint density at radius 1 is 1.69 bits per heavy atom. The molecule has 0 bridgehead atoms. The predicted octanol–water partition coefficient (Wildman–Crippen LogP) is 1.14. The molecule has 86 valence electrons. The lowest BCUT2D eigenvalue weighted by atomic mass is 9.87. The molecular weight excluding hydrogens is 228 g/mol. The van der Waals surface area contributed by atoms with Gasteiger partial charge in [-0.05, 0) is 6.42 Å². The van der Waals surface area contributed by atoms with Crippen LogP contribution in [0.3, 0.4) is 0 Å². The monoisotopic (exact) mass is 240 g/mol. The summed E-state index contributed by atoms with van der Waals surface area (Å²) in [6.45, 7) is 0. The maximum absolute atomic E-state index is 11.6. The molecule has 6 heteroatoms. The predicted molar refractivity (Wildman–Crippen MR) is 58.0 cm³/mol. The number of carboxylic acid groups (broad SMARTS) is 1. The molecule has 0 aromatic carbocycles. The van der Waals surface area contributed by atoms with E-state index >= 15 is 0 Å². The molecule has 0 saturated carbocycles. The van der Waals surface area contributed by atoms with Gasteiger partial charge < -0.3 is 10.0 Å². The largest absolute Gasteiger partial charge is 0.481 e. The number of aromatic nitrogens is 1. The van der Waals surface area contributed by atoms with Crippen molar-refractivity contribution in [1.29, 1.82) is 0 Å². The van der Waals surface area contributed by atoms with Crippen LogP contribution in [0.15, 0.2) is 10.9 Å². The van der Waals surface area contributed by atoms with E-state index < -0.39 is 17.9 Å². The van der Waals surface area contributed by atoms with E-state index in [0.29, 0.717) is 18.5 Å². The van der Waals surface area contributed by atoms with Gasteiger partial charge in [0, 0.05) is 18.8 Å². The van der Waals surface area contributed by atoms with Crippen LogP contribution < -0.4 is 0 Å². The zero-order chi connectivity index (χ0) is 11.7. The molecule has 1 amide bonds. The van der Waals surface area contributed by atoms with Gasteiger partial charge >= 0.3 is 5.97 Å². The van der Waals surface area contributed by atoms with Crippen LogP contribution in [0.1, 0.15) is 24.6 Å². The van der Waals surface area contributed by atoms with Gasteiger partial charge in [0.2, 0.25) is 5.91 Å². The molecule has 2 unspecified atom stereocenters. The molecule has 2 rings (SSSR count). The molecule has 5 nitrogen and oxygen atoms in total. The van der Waals surface area contributed by atoms with E-state index in [9.17, 15) is 9.59 Å². The number of amides is 1. The van der Waals surface area contributed by atoms with Crippen molar-refractivity contribution in [3.05, 3.63) is 16.6 Å². The minimum atomic E-state index is -0.864. The summed E-state index contributed by atoms with van der Waals surface area (Å²) in [5, 5.41) is 11.0. The highest BCUT2D eigenvalue weighted by Gasteiger charge is 2.39. The molecule has 16 heavy (non-hydrogen) atoms. The number of hydrogen-bond donors (Lipinski definition) is 1. The van der Waals surface area contributed by atoms with Crippen LogP contribution in [0.25, 0.3) is 0 Å². The van der Waals surface area contributed by atoms with Crippen LogP contribution in [-0.2, 0) is 9.59 Å². The third-order valence-electron chi connectivity index (χ3n) is 2.93. The third kappa shape index (κ3) is 1.80. The third-order valence-corrected chi connectivity index (χ3v) is 3.54. The Morgan fingerprint density at radius 3 is 3.00 bits per heavy atom. The highest BCUT2D eigenvalue weighted by Crippen LogP contribution is 2.35. The number of piperidine rings is 1. The lowest BCUT2D eigenvalue weighted by Crippen LogP contribution is -2.43. The molecule has 1 N–H and O–H groups in total. The number of hydrogen-bond acceptors (Lipinski definition) is 4. The molecular formula is C10H12N2O3S. The average molecular weight is 240 g/mol. The van der Waals surface area contributed by atoms with E-state index in [-0.39, 0.29) is 5.91 Å². The zero-order valence-electron chi connectivity index (χ0n) is 8.79. The van der Waals surface area contributed by atoms with Gasteiger partial charge in [0.05, 0.1) is 23.2 Å². The number of carbonyl (C=O) groups excluding carboxylic acids is 1.